The molecule has 2 aromatic heterocycles. The van der Waals surface area contributed by atoms with Crippen molar-refractivity contribution in [3.63, 3.8) is 0 Å². The molecule has 0 bridgehead atoms. The summed E-state index contributed by atoms with van der Waals surface area (Å²) >= 11 is 0. The lowest BCUT2D eigenvalue weighted by atomic mass is 10.1. The predicted octanol–water partition coefficient (Wildman–Crippen LogP) is 3.92. The van der Waals surface area contributed by atoms with E-state index in [1.54, 1.807) is 12.4 Å². The Kier molecular flexibility index (Phi) is 6.33. The van der Waals surface area contributed by atoms with Crippen molar-refractivity contribution >= 4 is 11.9 Å². The van der Waals surface area contributed by atoms with Crippen molar-refractivity contribution < 1.29 is 4.79 Å². The van der Waals surface area contributed by atoms with E-state index in [4.69, 9.17) is 4.98 Å². The number of carbonyl (C=O) groups excluding carboxylic acids is 1. The lowest BCUT2D eigenvalue weighted by Gasteiger charge is -2.34. The summed E-state index contributed by atoms with van der Waals surface area (Å²) in [7, 11) is 0. The number of amides is 1. The topological polar surface area (TPSA) is 67.2 Å². The maximum Gasteiger partial charge on any atom is 0.242 e. The summed E-state index contributed by atoms with van der Waals surface area (Å²) in [5.41, 5.74) is 4.22. The lowest BCUT2D eigenvalue weighted by Crippen LogP contribution is -2.50. The Morgan fingerprint density at radius 3 is 2.24 bits per heavy atom. The summed E-state index contributed by atoms with van der Waals surface area (Å²) in [5.74, 6) is 1.62. The average molecular weight is 453 g/mol. The number of hydrogen-bond donors (Lipinski definition) is 0. The Balaban J connectivity index is 1.35. The normalized spacial score (nSPS) is 13.8. The van der Waals surface area contributed by atoms with Gasteiger partial charge in [0.25, 0.3) is 0 Å². The van der Waals surface area contributed by atoms with Crippen LogP contribution in [0.15, 0.2) is 79.3 Å². The summed E-state index contributed by atoms with van der Waals surface area (Å²) in [6, 6.07) is 20.3. The highest BCUT2D eigenvalue weighted by Crippen LogP contribution is 2.26. The van der Waals surface area contributed by atoms with E-state index in [0.717, 1.165) is 42.2 Å². The maximum absolute atomic E-state index is 13.3. The van der Waals surface area contributed by atoms with Crippen molar-refractivity contribution in [2.24, 2.45) is 0 Å². The number of hydrogen-bond acceptors (Lipinski definition) is 5. The second-order valence-corrected chi connectivity index (χ2v) is 8.41. The molecule has 2 aromatic carbocycles. The largest absolute Gasteiger partial charge is 0.338 e. The summed E-state index contributed by atoms with van der Waals surface area (Å²) in [5, 5.41) is 0. The van der Waals surface area contributed by atoms with Crippen LogP contribution in [0.1, 0.15) is 12.5 Å². The zero-order chi connectivity index (χ0) is 23.3. The third kappa shape index (κ3) is 4.69. The highest BCUT2D eigenvalue weighted by atomic mass is 16.2. The van der Waals surface area contributed by atoms with E-state index >= 15 is 0 Å². The van der Waals surface area contributed by atoms with Gasteiger partial charge in [-0.2, -0.15) is 0 Å². The molecule has 1 fully saturated rings. The quantitative estimate of drug-likeness (QED) is 0.444. The molecule has 1 aliphatic rings. The predicted molar refractivity (Wildman–Crippen MR) is 133 cm³/mol. The Labute approximate surface area is 199 Å². The highest BCUT2D eigenvalue weighted by Gasteiger charge is 2.24. The molecule has 34 heavy (non-hydrogen) atoms. The van der Waals surface area contributed by atoms with Crippen LogP contribution in [0.25, 0.3) is 22.6 Å². The lowest BCUT2D eigenvalue weighted by molar-refractivity contribution is -0.132. The van der Waals surface area contributed by atoms with Gasteiger partial charge in [-0.05, 0) is 18.1 Å². The maximum atomic E-state index is 13.3. The molecule has 0 unspecified atom stereocenters. The van der Waals surface area contributed by atoms with E-state index in [2.05, 4.69) is 46.1 Å². The van der Waals surface area contributed by atoms with Crippen LogP contribution in [0.4, 0.5) is 5.95 Å². The standard InChI is InChI=1S/C27H28N6O/c1-2-21-9-11-22(12-10-21)24-19-33(26(30-24)23-7-4-3-5-8-23)20-25(34)31-15-17-32(18-16-31)27-28-13-6-14-29-27/h3-14,19H,2,15-18,20H2,1H3. The van der Waals surface area contributed by atoms with Gasteiger partial charge in [0.1, 0.15) is 12.4 Å². The fourth-order valence-electron chi connectivity index (χ4n) is 4.26. The van der Waals surface area contributed by atoms with Crippen LogP contribution >= 0.6 is 0 Å². The molecule has 5 rings (SSSR count). The zero-order valence-corrected chi connectivity index (χ0v) is 19.3. The fourth-order valence-corrected chi connectivity index (χ4v) is 4.26. The molecule has 4 aromatic rings. The van der Waals surface area contributed by atoms with Crippen molar-refractivity contribution in [1.82, 2.24) is 24.4 Å². The molecular weight excluding hydrogens is 424 g/mol. The van der Waals surface area contributed by atoms with E-state index < -0.39 is 0 Å². The third-order valence-electron chi connectivity index (χ3n) is 6.24. The number of nitrogens with zero attached hydrogens (tertiary/aromatic N) is 6. The molecule has 1 aliphatic heterocycles. The molecule has 3 heterocycles. The first-order valence-corrected chi connectivity index (χ1v) is 11.7. The minimum atomic E-state index is 0.0936. The van der Waals surface area contributed by atoms with Crippen molar-refractivity contribution in [3.05, 3.63) is 84.8 Å². The van der Waals surface area contributed by atoms with E-state index in [1.165, 1.54) is 5.56 Å². The minimum absolute atomic E-state index is 0.0936. The number of carbonyl (C=O) groups is 1. The fraction of sp³-hybridized carbons (Fsp3) is 0.259. The van der Waals surface area contributed by atoms with Gasteiger partial charge in [0.15, 0.2) is 0 Å². The first kappa shape index (κ1) is 21.8. The van der Waals surface area contributed by atoms with Crippen molar-refractivity contribution in [1.29, 1.82) is 0 Å². The minimum Gasteiger partial charge on any atom is -0.338 e. The molecule has 0 saturated carbocycles. The van der Waals surface area contributed by atoms with Crippen LogP contribution < -0.4 is 4.90 Å². The number of aromatic nitrogens is 4. The molecule has 0 aliphatic carbocycles. The van der Waals surface area contributed by atoms with Crippen LogP contribution in [0.2, 0.25) is 0 Å². The second kappa shape index (κ2) is 9.87. The van der Waals surface area contributed by atoms with Gasteiger partial charge in [0, 0.05) is 55.9 Å². The van der Waals surface area contributed by atoms with Crippen molar-refractivity contribution in [3.8, 4) is 22.6 Å². The van der Waals surface area contributed by atoms with Gasteiger partial charge < -0.3 is 14.4 Å². The van der Waals surface area contributed by atoms with Crippen LogP contribution in [0.5, 0.6) is 0 Å². The van der Waals surface area contributed by atoms with Crippen LogP contribution in [0.3, 0.4) is 0 Å². The zero-order valence-electron chi connectivity index (χ0n) is 19.3. The van der Waals surface area contributed by atoms with E-state index in [-0.39, 0.29) is 12.5 Å². The average Bonchev–Trinajstić information content (AvgIpc) is 3.33. The number of imidazole rings is 1. The Hall–Kier alpha value is -4.00. The molecular formula is C27H28N6O. The third-order valence-corrected chi connectivity index (χ3v) is 6.24. The number of benzene rings is 2. The second-order valence-electron chi connectivity index (χ2n) is 8.41. The van der Waals surface area contributed by atoms with Gasteiger partial charge in [0.2, 0.25) is 11.9 Å². The summed E-state index contributed by atoms with van der Waals surface area (Å²) in [6.07, 6.45) is 6.49. The van der Waals surface area contributed by atoms with Gasteiger partial charge in [-0.1, -0.05) is 61.5 Å². The van der Waals surface area contributed by atoms with Crippen LogP contribution in [0, 0.1) is 0 Å². The van der Waals surface area contributed by atoms with E-state index in [1.807, 2.05) is 52.1 Å². The monoisotopic (exact) mass is 452 g/mol. The first-order chi connectivity index (χ1) is 16.7. The number of rotatable bonds is 6. The van der Waals surface area contributed by atoms with E-state index in [9.17, 15) is 4.79 Å². The molecule has 0 atom stereocenters. The van der Waals surface area contributed by atoms with Crippen molar-refractivity contribution in [2.75, 3.05) is 31.1 Å². The molecule has 172 valence electrons. The molecule has 7 nitrogen and oxygen atoms in total. The molecule has 0 spiro atoms. The SMILES string of the molecule is CCc1ccc(-c2cn(CC(=O)N3CCN(c4ncccn4)CC3)c(-c3ccccc3)n2)cc1. The first-order valence-electron chi connectivity index (χ1n) is 11.7. The number of anilines is 1. The van der Waals surface area contributed by atoms with Crippen molar-refractivity contribution in [2.45, 2.75) is 19.9 Å². The summed E-state index contributed by atoms with van der Waals surface area (Å²) in [6.45, 7) is 5.15. The molecule has 7 heteroatoms. The molecule has 1 amide bonds. The smallest absolute Gasteiger partial charge is 0.242 e. The Morgan fingerprint density at radius 1 is 0.853 bits per heavy atom. The Morgan fingerprint density at radius 2 is 1.56 bits per heavy atom. The van der Waals surface area contributed by atoms with Crippen LogP contribution in [-0.4, -0.2) is 56.5 Å². The summed E-state index contributed by atoms with van der Waals surface area (Å²) < 4.78 is 1.98. The highest BCUT2D eigenvalue weighted by molar-refractivity contribution is 5.78. The Bertz CT molecular complexity index is 1230. The van der Waals surface area contributed by atoms with Gasteiger partial charge in [-0.25, -0.2) is 15.0 Å². The molecule has 1 saturated heterocycles. The number of aryl methyl sites for hydroxylation is 1. The molecule has 0 N–H and O–H groups in total. The van der Waals surface area contributed by atoms with Gasteiger partial charge in [-0.15, -0.1) is 0 Å². The summed E-state index contributed by atoms with van der Waals surface area (Å²) in [4.78, 5) is 30.9. The van der Waals surface area contributed by atoms with Gasteiger partial charge in [-0.3, -0.25) is 4.79 Å². The van der Waals surface area contributed by atoms with Crippen LogP contribution in [-0.2, 0) is 17.8 Å². The molecule has 0 radical (unpaired) electrons. The van der Waals surface area contributed by atoms with Gasteiger partial charge in [0.05, 0.1) is 5.69 Å². The van der Waals surface area contributed by atoms with Gasteiger partial charge >= 0.3 is 0 Å². The van der Waals surface area contributed by atoms with E-state index in [0.29, 0.717) is 19.0 Å². The number of piperazine rings is 1.